The summed E-state index contributed by atoms with van der Waals surface area (Å²) < 4.78 is 44.6. The van der Waals surface area contributed by atoms with E-state index in [1.807, 2.05) is 48.5 Å². The van der Waals surface area contributed by atoms with Crippen LogP contribution < -0.4 is 15.9 Å². The van der Waals surface area contributed by atoms with Gasteiger partial charge in [0.1, 0.15) is 6.61 Å². The Balaban J connectivity index is 2.20. The van der Waals surface area contributed by atoms with Gasteiger partial charge in [0.25, 0.3) is 6.43 Å². The zero-order valence-electron chi connectivity index (χ0n) is 17.3. The summed E-state index contributed by atoms with van der Waals surface area (Å²) in [6.07, 6.45) is -0.563. The van der Waals surface area contributed by atoms with Crippen LogP contribution in [0.4, 0.5) is 8.78 Å². The van der Waals surface area contributed by atoms with Gasteiger partial charge < -0.3 is 19.8 Å². The van der Waals surface area contributed by atoms with Gasteiger partial charge >= 0.3 is 7.12 Å². The Morgan fingerprint density at radius 1 is 1.22 bits per heavy atom. The molecule has 2 N–H and O–H groups in total. The summed E-state index contributed by atoms with van der Waals surface area (Å²) in [5.41, 5.74) is 4.61. The largest absolute Gasteiger partial charge is 0.496 e. The fourth-order valence-electron chi connectivity index (χ4n) is 3.10. The topological polar surface area (TPSA) is 66.6 Å². The van der Waals surface area contributed by atoms with E-state index < -0.39 is 30.3 Å². The maximum Gasteiger partial charge on any atom is 0.496 e. The zero-order chi connectivity index (χ0) is 20.6. The average Bonchev–Trinajstić information content (AvgIpc) is 2.72. The molecule has 8 heteroatoms. The second-order valence-electron chi connectivity index (χ2n) is 9.09. The number of nitrogens with two attached hydrogens (primary N) is 1. The van der Waals surface area contributed by atoms with Crippen LogP contribution >= 0.6 is 0 Å². The molecule has 0 radical (unpaired) electrons. The first kappa shape index (κ1) is 22.0. The van der Waals surface area contributed by atoms with Crippen LogP contribution in [0.15, 0.2) is 12.3 Å². The number of hydrogen-bond donors (Lipinski definition) is 1. The van der Waals surface area contributed by atoms with Gasteiger partial charge in [-0.15, -0.1) is 0 Å². The van der Waals surface area contributed by atoms with Crippen molar-refractivity contribution in [2.75, 3.05) is 6.61 Å². The Bertz CT molecular complexity index is 650. The van der Waals surface area contributed by atoms with Crippen molar-refractivity contribution in [3.63, 3.8) is 0 Å². The molecular formula is C19H31BF2N2O3. The minimum absolute atomic E-state index is 0.105. The Labute approximate surface area is 161 Å². The molecule has 1 aliphatic heterocycles. The number of ether oxygens (including phenoxy) is 1. The molecule has 0 aromatic carbocycles. The molecule has 1 fully saturated rings. The summed E-state index contributed by atoms with van der Waals surface area (Å²) >= 11 is 0. The van der Waals surface area contributed by atoms with E-state index in [-0.39, 0.29) is 18.1 Å². The molecule has 27 heavy (non-hydrogen) atoms. The van der Waals surface area contributed by atoms with Gasteiger partial charge in [0, 0.05) is 17.2 Å². The number of nitrogens with zero attached hydrogens (tertiary/aromatic N) is 1. The number of alkyl halides is 2. The molecule has 1 atom stereocenters. The number of pyridine rings is 1. The van der Waals surface area contributed by atoms with Gasteiger partial charge in [-0.1, -0.05) is 13.8 Å². The van der Waals surface area contributed by atoms with Crippen LogP contribution in [0.1, 0.15) is 66.9 Å². The third-order valence-electron chi connectivity index (χ3n) is 5.07. The molecule has 0 bridgehead atoms. The maximum absolute atomic E-state index is 13.6. The van der Waals surface area contributed by atoms with Crippen LogP contribution in [-0.4, -0.2) is 35.5 Å². The minimum atomic E-state index is -2.73. The van der Waals surface area contributed by atoms with E-state index in [4.69, 9.17) is 19.8 Å². The summed E-state index contributed by atoms with van der Waals surface area (Å²) in [4.78, 5) is 4.10. The van der Waals surface area contributed by atoms with Gasteiger partial charge in [0.05, 0.1) is 16.8 Å². The van der Waals surface area contributed by atoms with Crippen molar-refractivity contribution in [3.05, 3.63) is 17.8 Å². The van der Waals surface area contributed by atoms with Crippen molar-refractivity contribution in [2.45, 2.75) is 78.1 Å². The third-order valence-corrected chi connectivity index (χ3v) is 5.07. The molecule has 5 nitrogen and oxygen atoms in total. The lowest BCUT2D eigenvalue weighted by Gasteiger charge is -2.32. The fraction of sp³-hybridized carbons (Fsp3) is 0.737. The lowest BCUT2D eigenvalue weighted by Crippen LogP contribution is -2.43. The first-order valence-corrected chi connectivity index (χ1v) is 9.29. The fourth-order valence-corrected chi connectivity index (χ4v) is 3.10. The van der Waals surface area contributed by atoms with Crippen LogP contribution in [0.5, 0.6) is 5.88 Å². The highest BCUT2D eigenvalue weighted by Gasteiger charge is 2.52. The van der Waals surface area contributed by atoms with E-state index >= 15 is 0 Å². The van der Waals surface area contributed by atoms with Crippen LogP contribution in [0, 0.1) is 5.92 Å². The molecular weight excluding hydrogens is 353 g/mol. The first-order chi connectivity index (χ1) is 12.2. The van der Waals surface area contributed by atoms with Crippen LogP contribution in [0.3, 0.4) is 0 Å². The van der Waals surface area contributed by atoms with Crippen LogP contribution in [-0.2, 0) is 9.31 Å². The van der Waals surface area contributed by atoms with Crippen molar-refractivity contribution >= 4 is 12.6 Å². The molecule has 1 aliphatic rings. The summed E-state index contributed by atoms with van der Waals surface area (Å²) in [5.74, 6) is 0.266. The lowest BCUT2D eigenvalue weighted by atomic mass is 9.79. The summed E-state index contributed by atoms with van der Waals surface area (Å²) in [6.45, 7) is 13.7. The summed E-state index contributed by atoms with van der Waals surface area (Å²) in [5, 5.41) is 0. The molecule has 1 aromatic rings. The normalized spacial score (nSPS) is 21.0. The lowest BCUT2D eigenvalue weighted by molar-refractivity contribution is 0.00578. The molecule has 1 unspecified atom stereocenters. The predicted octanol–water partition coefficient (Wildman–Crippen LogP) is 3.46. The number of rotatable bonds is 7. The minimum Gasteiger partial charge on any atom is -0.475 e. The molecule has 0 saturated carbocycles. The Morgan fingerprint density at radius 3 is 2.26 bits per heavy atom. The van der Waals surface area contributed by atoms with E-state index in [2.05, 4.69) is 4.98 Å². The molecule has 2 heterocycles. The average molecular weight is 384 g/mol. The van der Waals surface area contributed by atoms with Crippen molar-refractivity contribution in [3.8, 4) is 5.88 Å². The molecule has 0 spiro atoms. The molecule has 152 valence electrons. The van der Waals surface area contributed by atoms with Gasteiger partial charge in [-0.2, -0.15) is 0 Å². The Morgan fingerprint density at radius 2 is 1.78 bits per heavy atom. The van der Waals surface area contributed by atoms with Gasteiger partial charge in [-0.05, 0) is 53.0 Å². The molecule has 2 rings (SSSR count). The standard InChI is InChI=1S/C19H31BF2N2O3/c1-12(2)9-19(7,23)11-25-16-14(15(21)22)8-13(10-24-16)20-26-17(3,4)18(5,6)27-20/h8,10,12,15H,9,11,23H2,1-7H3. The molecule has 1 saturated heterocycles. The first-order valence-electron chi connectivity index (χ1n) is 9.29. The number of halogens is 2. The summed E-state index contributed by atoms with van der Waals surface area (Å²) in [7, 11) is -0.755. The van der Waals surface area contributed by atoms with Crippen LogP contribution in [0.25, 0.3) is 0 Å². The third kappa shape index (κ3) is 5.18. The summed E-state index contributed by atoms with van der Waals surface area (Å²) in [6, 6.07) is 1.34. The smallest absolute Gasteiger partial charge is 0.475 e. The predicted molar refractivity (Wildman–Crippen MR) is 102 cm³/mol. The Hall–Kier alpha value is -1.25. The highest BCUT2D eigenvalue weighted by atomic mass is 19.3. The van der Waals surface area contributed by atoms with Crippen molar-refractivity contribution in [1.82, 2.24) is 4.98 Å². The quantitative estimate of drug-likeness (QED) is 0.730. The van der Waals surface area contributed by atoms with Crippen molar-refractivity contribution < 1.29 is 22.8 Å². The van der Waals surface area contributed by atoms with Crippen LogP contribution in [0.2, 0.25) is 0 Å². The Kier molecular flexibility index (Phi) is 6.24. The monoisotopic (exact) mass is 384 g/mol. The SMILES string of the molecule is CC(C)CC(C)(N)COc1ncc(B2OC(C)(C)C(C)(C)O2)cc1C(F)F. The van der Waals surface area contributed by atoms with E-state index in [0.29, 0.717) is 17.8 Å². The van der Waals surface area contributed by atoms with Gasteiger partial charge in [-0.3, -0.25) is 0 Å². The second-order valence-corrected chi connectivity index (χ2v) is 9.09. The van der Waals surface area contributed by atoms with Gasteiger partial charge in [-0.25, -0.2) is 13.8 Å². The second kappa shape index (κ2) is 7.64. The van der Waals surface area contributed by atoms with E-state index in [1.165, 1.54) is 12.3 Å². The maximum atomic E-state index is 13.6. The van der Waals surface area contributed by atoms with Gasteiger partial charge in [0.2, 0.25) is 5.88 Å². The number of aromatic nitrogens is 1. The highest BCUT2D eigenvalue weighted by molar-refractivity contribution is 6.62. The molecule has 1 aromatic heterocycles. The van der Waals surface area contributed by atoms with Crippen molar-refractivity contribution in [1.29, 1.82) is 0 Å². The molecule has 0 aliphatic carbocycles. The number of hydrogen-bond acceptors (Lipinski definition) is 5. The van der Waals surface area contributed by atoms with E-state index in [0.717, 1.165) is 0 Å². The van der Waals surface area contributed by atoms with E-state index in [1.54, 1.807) is 0 Å². The molecule has 0 amide bonds. The zero-order valence-corrected chi connectivity index (χ0v) is 17.3. The van der Waals surface area contributed by atoms with Crippen molar-refractivity contribution in [2.24, 2.45) is 11.7 Å². The van der Waals surface area contributed by atoms with E-state index in [9.17, 15) is 8.78 Å². The van der Waals surface area contributed by atoms with Gasteiger partial charge in [0.15, 0.2) is 0 Å². The highest BCUT2D eigenvalue weighted by Crippen LogP contribution is 2.37.